The Labute approximate surface area is 188 Å². The molecule has 32 heavy (non-hydrogen) atoms. The molecule has 1 fully saturated rings. The molecule has 0 radical (unpaired) electrons. The summed E-state index contributed by atoms with van der Waals surface area (Å²) in [7, 11) is 4.09. The molecule has 1 aliphatic rings. The Morgan fingerprint density at radius 3 is 2.59 bits per heavy atom. The van der Waals surface area contributed by atoms with E-state index in [1.165, 1.54) is 0 Å². The normalized spacial score (nSPS) is 15.8. The first-order chi connectivity index (χ1) is 15.4. The van der Waals surface area contributed by atoms with E-state index in [2.05, 4.69) is 20.2 Å². The Bertz CT molecular complexity index is 1130. The van der Waals surface area contributed by atoms with E-state index in [-0.39, 0.29) is 17.5 Å². The number of likely N-dealkylation sites (N-methyl/N-ethyl adjacent to an activating group) is 1. The number of anilines is 1. The molecule has 4 rings (SSSR count). The maximum atomic E-state index is 13.0. The van der Waals surface area contributed by atoms with E-state index >= 15 is 0 Å². The third kappa shape index (κ3) is 4.68. The van der Waals surface area contributed by atoms with E-state index < -0.39 is 0 Å². The molecule has 0 bridgehead atoms. The fourth-order valence-corrected chi connectivity index (χ4v) is 3.86. The quantitative estimate of drug-likeness (QED) is 0.672. The van der Waals surface area contributed by atoms with Crippen LogP contribution in [0.15, 0.2) is 60.8 Å². The zero-order valence-electron chi connectivity index (χ0n) is 18.6. The van der Waals surface area contributed by atoms with E-state index in [9.17, 15) is 9.59 Å². The highest BCUT2D eigenvalue weighted by atomic mass is 16.2. The maximum absolute atomic E-state index is 13.0. The molecule has 0 unspecified atom stereocenters. The van der Waals surface area contributed by atoms with Crippen LogP contribution in [-0.2, 0) is 0 Å². The van der Waals surface area contributed by atoms with Gasteiger partial charge in [0.05, 0.1) is 17.6 Å². The van der Waals surface area contributed by atoms with Crippen molar-refractivity contribution in [2.24, 2.45) is 0 Å². The predicted molar refractivity (Wildman–Crippen MR) is 125 cm³/mol. The second-order valence-electron chi connectivity index (χ2n) is 8.25. The molecule has 3 aromatic rings. The average molecular weight is 430 g/mol. The van der Waals surface area contributed by atoms with Crippen molar-refractivity contribution in [3.05, 3.63) is 77.7 Å². The first-order valence-corrected chi connectivity index (χ1v) is 10.7. The molecule has 1 atom stereocenters. The van der Waals surface area contributed by atoms with Crippen LogP contribution in [0.5, 0.6) is 0 Å². The zero-order chi connectivity index (χ0) is 22.7. The van der Waals surface area contributed by atoms with E-state index in [1.54, 1.807) is 13.1 Å². The SMILES string of the molecule is Cc1ncc(-c2cccc(C(=O)N3CC[C@@H](N(C)C)C3)c2)nc1C(=O)Nc1ccccc1. The van der Waals surface area contributed by atoms with Crippen molar-refractivity contribution in [1.82, 2.24) is 19.8 Å². The molecule has 0 saturated carbocycles. The lowest BCUT2D eigenvalue weighted by atomic mass is 10.1. The first-order valence-electron chi connectivity index (χ1n) is 10.7. The van der Waals surface area contributed by atoms with Crippen LogP contribution in [0.25, 0.3) is 11.3 Å². The molecule has 1 aromatic heterocycles. The second kappa shape index (κ2) is 9.28. The van der Waals surface area contributed by atoms with Gasteiger partial charge in [-0.15, -0.1) is 0 Å². The second-order valence-corrected chi connectivity index (χ2v) is 8.25. The van der Waals surface area contributed by atoms with Gasteiger partial charge in [-0.1, -0.05) is 30.3 Å². The number of aromatic nitrogens is 2. The van der Waals surface area contributed by atoms with E-state index in [1.807, 2.05) is 73.6 Å². The number of benzene rings is 2. The standard InChI is InChI=1S/C25H27N5O2/c1-17-23(24(31)27-20-10-5-4-6-11-20)28-22(15-26-17)18-8-7-9-19(14-18)25(32)30-13-12-21(16-30)29(2)3/h4-11,14-15,21H,12-13,16H2,1-3H3,(H,27,31)/t21-/m1/s1. The smallest absolute Gasteiger partial charge is 0.276 e. The molecule has 1 saturated heterocycles. The van der Waals surface area contributed by atoms with Crippen molar-refractivity contribution in [3.63, 3.8) is 0 Å². The molecular weight excluding hydrogens is 402 g/mol. The first kappa shape index (κ1) is 21.6. The van der Waals surface area contributed by atoms with Crippen molar-refractivity contribution in [2.75, 3.05) is 32.5 Å². The summed E-state index contributed by atoms with van der Waals surface area (Å²) in [5.74, 6) is -0.305. The summed E-state index contributed by atoms with van der Waals surface area (Å²) < 4.78 is 0. The zero-order valence-corrected chi connectivity index (χ0v) is 18.6. The van der Waals surface area contributed by atoms with Crippen LogP contribution in [0.4, 0.5) is 5.69 Å². The van der Waals surface area contributed by atoms with Gasteiger partial charge in [-0.25, -0.2) is 4.98 Å². The Morgan fingerprint density at radius 2 is 1.88 bits per heavy atom. The number of carbonyl (C=O) groups excluding carboxylic acids is 2. The summed E-state index contributed by atoms with van der Waals surface area (Å²) in [5, 5.41) is 2.85. The number of aryl methyl sites for hydroxylation is 1. The molecule has 2 aromatic carbocycles. The number of rotatable bonds is 5. The maximum Gasteiger partial charge on any atom is 0.276 e. The van der Waals surface area contributed by atoms with Crippen molar-refractivity contribution in [2.45, 2.75) is 19.4 Å². The van der Waals surface area contributed by atoms with Crippen LogP contribution in [0.3, 0.4) is 0 Å². The summed E-state index contributed by atoms with van der Waals surface area (Å²) in [6, 6.07) is 17.0. The molecule has 164 valence electrons. The van der Waals surface area contributed by atoms with Crippen LogP contribution in [0.1, 0.15) is 33.0 Å². The Kier molecular flexibility index (Phi) is 6.28. The van der Waals surface area contributed by atoms with E-state index in [0.717, 1.165) is 25.1 Å². The number of nitrogens with one attached hydrogen (secondary N) is 1. The molecule has 7 nitrogen and oxygen atoms in total. The average Bonchev–Trinajstić information content (AvgIpc) is 3.30. The van der Waals surface area contributed by atoms with Gasteiger partial charge in [-0.05, 0) is 51.7 Å². The number of hydrogen-bond donors (Lipinski definition) is 1. The van der Waals surface area contributed by atoms with Gasteiger partial charge in [0.25, 0.3) is 11.8 Å². The highest BCUT2D eigenvalue weighted by Crippen LogP contribution is 2.22. The van der Waals surface area contributed by atoms with Gasteiger partial charge in [0, 0.05) is 35.9 Å². The van der Waals surface area contributed by atoms with Crippen molar-refractivity contribution < 1.29 is 9.59 Å². The minimum atomic E-state index is -0.318. The van der Waals surface area contributed by atoms with Gasteiger partial charge >= 0.3 is 0 Å². The lowest BCUT2D eigenvalue weighted by Crippen LogP contribution is -2.34. The molecule has 7 heteroatoms. The highest BCUT2D eigenvalue weighted by Gasteiger charge is 2.28. The lowest BCUT2D eigenvalue weighted by Gasteiger charge is -2.20. The summed E-state index contributed by atoms with van der Waals surface area (Å²) in [6.07, 6.45) is 2.61. The fourth-order valence-electron chi connectivity index (χ4n) is 3.86. The van der Waals surface area contributed by atoms with E-state index in [4.69, 9.17) is 0 Å². The molecule has 2 heterocycles. The number of hydrogen-bond acceptors (Lipinski definition) is 5. The monoisotopic (exact) mass is 429 g/mol. The summed E-state index contributed by atoms with van der Waals surface area (Å²) in [4.78, 5) is 38.8. The predicted octanol–water partition coefficient (Wildman–Crippen LogP) is 3.48. The molecule has 2 amide bonds. The Morgan fingerprint density at radius 1 is 1.09 bits per heavy atom. The largest absolute Gasteiger partial charge is 0.337 e. The number of carbonyl (C=O) groups is 2. The number of nitrogens with zero attached hydrogens (tertiary/aromatic N) is 4. The summed E-state index contributed by atoms with van der Waals surface area (Å²) >= 11 is 0. The minimum Gasteiger partial charge on any atom is -0.337 e. The van der Waals surface area contributed by atoms with Crippen LogP contribution >= 0.6 is 0 Å². The van der Waals surface area contributed by atoms with Gasteiger partial charge in [0.15, 0.2) is 0 Å². The lowest BCUT2D eigenvalue weighted by molar-refractivity contribution is 0.0783. The van der Waals surface area contributed by atoms with Crippen LogP contribution in [0, 0.1) is 6.92 Å². The molecule has 0 spiro atoms. The van der Waals surface area contributed by atoms with Crippen LogP contribution in [0.2, 0.25) is 0 Å². The third-order valence-electron chi connectivity index (χ3n) is 5.79. The molecule has 0 aliphatic carbocycles. The minimum absolute atomic E-state index is 0.0123. The number of para-hydroxylation sites is 1. The van der Waals surface area contributed by atoms with E-state index in [0.29, 0.717) is 28.7 Å². The molecular formula is C25H27N5O2. The Balaban J connectivity index is 1.56. The topological polar surface area (TPSA) is 78.4 Å². The Hall–Kier alpha value is -3.58. The van der Waals surface area contributed by atoms with Crippen molar-refractivity contribution in [3.8, 4) is 11.3 Å². The van der Waals surface area contributed by atoms with Gasteiger partial charge in [0.2, 0.25) is 0 Å². The van der Waals surface area contributed by atoms with Gasteiger partial charge in [-0.2, -0.15) is 0 Å². The fraction of sp³-hybridized carbons (Fsp3) is 0.280. The third-order valence-corrected chi connectivity index (χ3v) is 5.79. The molecule has 1 aliphatic heterocycles. The van der Waals surface area contributed by atoms with Crippen molar-refractivity contribution >= 4 is 17.5 Å². The molecule has 1 N–H and O–H groups in total. The van der Waals surface area contributed by atoms with Gasteiger partial charge in [-0.3, -0.25) is 14.6 Å². The summed E-state index contributed by atoms with van der Waals surface area (Å²) in [6.45, 7) is 3.23. The summed E-state index contributed by atoms with van der Waals surface area (Å²) in [5.41, 5.74) is 3.41. The van der Waals surface area contributed by atoms with Gasteiger partial charge < -0.3 is 15.1 Å². The highest BCUT2D eigenvalue weighted by molar-refractivity contribution is 6.03. The van der Waals surface area contributed by atoms with Crippen molar-refractivity contribution in [1.29, 1.82) is 0 Å². The van der Waals surface area contributed by atoms with Crippen LogP contribution < -0.4 is 5.32 Å². The van der Waals surface area contributed by atoms with Crippen LogP contribution in [-0.4, -0.2) is 64.8 Å². The number of amides is 2. The number of likely N-dealkylation sites (tertiary alicyclic amines) is 1. The van der Waals surface area contributed by atoms with Gasteiger partial charge in [0.1, 0.15) is 5.69 Å².